The molecule has 0 spiro atoms. The maximum absolute atomic E-state index is 12.4. The fourth-order valence-corrected chi connectivity index (χ4v) is 3.14. The molecule has 1 aliphatic heterocycles. The molecule has 2 N–H and O–H groups in total. The van der Waals surface area contributed by atoms with E-state index in [-0.39, 0.29) is 18.3 Å². The van der Waals surface area contributed by atoms with E-state index in [0.29, 0.717) is 12.3 Å². The van der Waals surface area contributed by atoms with Crippen molar-refractivity contribution in [2.45, 2.75) is 33.5 Å². The summed E-state index contributed by atoms with van der Waals surface area (Å²) < 4.78 is 5.71. The Morgan fingerprint density at radius 2 is 1.84 bits per heavy atom. The van der Waals surface area contributed by atoms with E-state index in [4.69, 9.17) is 4.42 Å². The number of furan rings is 1. The number of hydrogen-bond acceptors (Lipinski definition) is 3. The molecule has 0 bridgehead atoms. The van der Waals surface area contributed by atoms with Crippen molar-refractivity contribution in [1.82, 2.24) is 10.6 Å². The molecule has 5 heteroatoms. The van der Waals surface area contributed by atoms with E-state index in [0.717, 1.165) is 35.2 Å². The summed E-state index contributed by atoms with van der Waals surface area (Å²) in [4.78, 5) is 12.4. The summed E-state index contributed by atoms with van der Waals surface area (Å²) in [6.07, 6.45) is 0. The molecule has 0 radical (unpaired) electrons. The molecule has 1 amide bonds. The van der Waals surface area contributed by atoms with Crippen molar-refractivity contribution in [3.8, 4) is 0 Å². The largest absolute Gasteiger partial charge is 0.451 e. The quantitative estimate of drug-likeness (QED) is 0.745. The van der Waals surface area contributed by atoms with Gasteiger partial charge >= 0.3 is 0 Å². The van der Waals surface area contributed by atoms with E-state index in [1.807, 2.05) is 19.1 Å². The molecule has 0 saturated heterocycles. The normalized spacial score (nSPS) is 12.7. The zero-order valence-electron chi connectivity index (χ0n) is 14.3. The van der Waals surface area contributed by atoms with Crippen LogP contribution >= 0.6 is 12.4 Å². The first-order valence-corrected chi connectivity index (χ1v) is 8.20. The summed E-state index contributed by atoms with van der Waals surface area (Å²) >= 11 is 0. The van der Waals surface area contributed by atoms with Gasteiger partial charge in [0, 0.05) is 25.0 Å². The molecule has 25 heavy (non-hydrogen) atoms. The minimum Gasteiger partial charge on any atom is -0.451 e. The summed E-state index contributed by atoms with van der Waals surface area (Å²) in [5.41, 5.74) is 6.88. The molecule has 0 aliphatic carbocycles. The van der Waals surface area contributed by atoms with Gasteiger partial charge in [-0.15, -0.1) is 12.4 Å². The summed E-state index contributed by atoms with van der Waals surface area (Å²) in [5, 5.41) is 7.24. The molecule has 2 aromatic carbocycles. The molecule has 0 saturated carbocycles. The Morgan fingerprint density at radius 3 is 2.68 bits per heavy atom. The average Bonchev–Trinajstić information content (AvgIpc) is 3.19. The monoisotopic (exact) mass is 356 g/mol. The number of rotatable bonds is 3. The van der Waals surface area contributed by atoms with Crippen LogP contribution in [0, 0.1) is 13.8 Å². The number of hydrogen-bond donors (Lipinski definition) is 2. The van der Waals surface area contributed by atoms with Crippen molar-refractivity contribution in [1.29, 1.82) is 0 Å². The van der Waals surface area contributed by atoms with Crippen LogP contribution in [0.25, 0.3) is 11.0 Å². The lowest BCUT2D eigenvalue weighted by Gasteiger charge is -2.05. The minimum atomic E-state index is -0.180. The van der Waals surface area contributed by atoms with Crippen molar-refractivity contribution >= 4 is 29.3 Å². The van der Waals surface area contributed by atoms with Crippen LogP contribution in [0.1, 0.15) is 38.4 Å². The first-order chi connectivity index (χ1) is 11.6. The van der Waals surface area contributed by atoms with Gasteiger partial charge in [-0.2, -0.15) is 0 Å². The SMILES string of the molecule is Cc1cc2cc(C(=O)NCc3ccc4c(c3)CNC4)oc2cc1C.Cl. The highest BCUT2D eigenvalue weighted by atomic mass is 35.5. The van der Waals surface area contributed by atoms with Crippen LogP contribution in [0.3, 0.4) is 0 Å². The van der Waals surface area contributed by atoms with Gasteiger partial charge in [0.15, 0.2) is 5.76 Å². The number of benzene rings is 2. The van der Waals surface area contributed by atoms with Crippen LogP contribution in [0.2, 0.25) is 0 Å². The number of amides is 1. The Morgan fingerprint density at radius 1 is 1.08 bits per heavy atom. The summed E-state index contributed by atoms with van der Waals surface area (Å²) in [7, 11) is 0. The third kappa shape index (κ3) is 3.41. The van der Waals surface area contributed by atoms with Crippen LogP contribution in [0.15, 0.2) is 40.8 Å². The zero-order valence-corrected chi connectivity index (χ0v) is 15.1. The predicted molar refractivity (Wildman–Crippen MR) is 101 cm³/mol. The smallest absolute Gasteiger partial charge is 0.287 e. The van der Waals surface area contributed by atoms with Gasteiger partial charge in [-0.05, 0) is 59.9 Å². The first kappa shape index (κ1) is 17.5. The molecular weight excluding hydrogens is 336 g/mol. The van der Waals surface area contributed by atoms with Gasteiger partial charge in [-0.3, -0.25) is 4.79 Å². The standard InChI is InChI=1S/C20H20N2O2.ClH/c1-12-5-16-8-19(24-18(16)6-13(12)2)20(23)22-9-14-3-4-15-10-21-11-17(15)7-14;/h3-8,21H,9-11H2,1-2H3,(H,22,23);1H. The van der Waals surface area contributed by atoms with Crippen molar-refractivity contribution in [2.24, 2.45) is 0 Å². The lowest BCUT2D eigenvalue weighted by molar-refractivity contribution is 0.0925. The lowest BCUT2D eigenvalue weighted by Crippen LogP contribution is -2.22. The highest BCUT2D eigenvalue weighted by Gasteiger charge is 2.14. The number of aryl methyl sites for hydroxylation is 2. The first-order valence-electron chi connectivity index (χ1n) is 8.20. The van der Waals surface area contributed by atoms with Gasteiger partial charge in [0.05, 0.1) is 0 Å². The zero-order chi connectivity index (χ0) is 16.7. The molecule has 1 aliphatic rings. The Labute approximate surface area is 153 Å². The fourth-order valence-electron chi connectivity index (χ4n) is 3.14. The second-order valence-corrected chi connectivity index (χ2v) is 6.47. The topological polar surface area (TPSA) is 54.3 Å². The third-order valence-corrected chi connectivity index (χ3v) is 4.71. The van der Waals surface area contributed by atoms with E-state index in [2.05, 4.69) is 41.8 Å². The lowest BCUT2D eigenvalue weighted by atomic mass is 10.1. The number of fused-ring (bicyclic) bond motifs is 2. The average molecular weight is 357 g/mol. The molecule has 130 valence electrons. The maximum Gasteiger partial charge on any atom is 0.287 e. The second kappa shape index (κ2) is 6.90. The molecule has 0 unspecified atom stereocenters. The van der Waals surface area contributed by atoms with Gasteiger partial charge < -0.3 is 15.1 Å². The molecule has 0 fully saturated rings. The third-order valence-electron chi connectivity index (χ3n) is 4.71. The van der Waals surface area contributed by atoms with Crippen molar-refractivity contribution in [3.05, 3.63) is 70.0 Å². The Balaban J connectivity index is 0.00000182. The highest BCUT2D eigenvalue weighted by Crippen LogP contribution is 2.23. The Kier molecular flexibility index (Phi) is 4.84. The summed E-state index contributed by atoms with van der Waals surface area (Å²) in [5.74, 6) is 0.179. The fraction of sp³-hybridized carbons (Fsp3) is 0.250. The van der Waals surface area contributed by atoms with E-state index in [9.17, 15) is 4.79 Å². The maximum atomic E-state index is 12.4. The predicted octanol–water partition coefficient (Wildman–Crippen LogP) is 4.00. The number of halogens is 1. The van der Waals surface area contributed by atoms with Crippen LogP contribution in [-0.4, -0.2) is 5.91 Å². The molecule has 3 aromatic rings. The van der Waals surface area contributed by atoms with Crippen LogP contribution < -0.4 is 10.6 Å². The van der Waals surface area contributed by atoms with E-state index in [1.165, 1.54) is 16.7 Å². The van der Waals surface area contributed by atoms with Crippen LogP contribution in [0.4, 0.5) is 0 Å². The van der Waals surface area contributed by atoms with Crippen molar-refractivity contribution < 1.29 is 9.21 Å². The molecule has 2 heterocycles. The summed E-state index contributed by atoms with van der Waals surface area (Å²) in [6.45, 7) is 6.43. The number of carbonyl (C=O) groups is 1. The van der Waals surface area contributed by atoms with Gasteiger partial charge in [0.25, 0.3) is 5.91 Å². The second-order valence-electron chi connectivity index (χ2n) is 6.47. The van der Waals surface area contributed by atoms with Crippen LogP contribution in [0.5, 0.6) is 0 Å². The van der Waals surface area contributed by atoms with Gasteiger partial charge in [0.1, 0.15) is 5.58 Å². The molecule has 4 nitrogen and oxygen atoms in total. The van der Waals surface area contributed by atoms with E-state index < -0.39 is 0 Å². The van der Waals surface area contributed by atoms with Crippen LogP contribution in [-0.2, 0) is 19.6 Å². The van der Waals surface area contributed by atoms with Gasteiger partial charge in [0.2, 0.25) is 0 Å². The molecule has 1 aromatic heterocycles. The highest BCUT2D eigenvalue weighted by molar-refractivity contribution is 5.96. The van der Waals surface area contributed by atoms with E-state index in [1.54, 1.807) is 0 Å². The Bertz CT molecular complexity index is 907. The minimum absolute atomic E-state index is 0. The molecular formula is C20H21ClN2O2. The Hall–Kier alpha value is -2.30. The summed E-state index contributed by atoms with van der Waals surface area (Å²) in [6, 6.07) is 12.2. The van der Waals surface area contributed by atoms with Gasteiger partial charge in [-0.1, -0.05) is 18.2 Å². The molecule has 4 rings (SSSR count). The number of carbonyl (C=O) groups excluding carboxylic acids is 1. The molecule has 0 atom stereocenters. The van der Waals surface area contributed by atoms with Gasteiger partial charge in [-0.25, -0.2) is 0 Å². The van der Waals surface area contributed by atoms with Crippen molar-refractivity contribution in [2.75, 3.05) is 0 Å². The van der Waals surface area contributed by atoms with E-state index >= 15 is 0 Å². The van der Waals surface area contributed by atoms with Crippen molar-refractivity contribution in [3.63, 3.8) is 0 Å². The number of nitrogens with one attached hydrogen (secondary N) is 2.